The Morgan fingerprint density at radius 1 is 1.30 bits per heavy atom. The van der Waals surface area contributed by atoms with Crippen LogP contribution in [-0.4, -0.2) is 17.3 Å². The summed E-state index contributed by atoms with van der Waals surface area (Å²) in [6.07, 6.45) is 3.65. The van der Waals surface area contributed by atoms with Crippen molar-refractivity contribution in [3.05, 3.63) is 23.8 Å². The molecule has 0 bridgehead atoms. The van der Waals surface area contributed by atoms with Crippen LogP contribution in [0.15, 0.2) is 18.2 Å². The van der Waals surface area contributed by atoms with Gasteiger partial charge in [-0.25, -0.2) is 0 Å². The standard InChI is InChI=1S/C16H23N3O/c1-15(2)6-8-16(20,9-7-15)11-19-13-5-3-4-12(10-17)14(13)18/h3-5,19-20H,6-9,11,18H2,1-2H3. The zero-order chi connectivity index (χ0) is 14.8. The van der Waals surface area contributed by atoms with Gasteiger partial charge in [0.05, 0.1) is 22.5 Å². The summed E-state index contributed by atoms with van der Waals surface area (Å²) in [5.41, 5.74) is 7.22. The summed E-state index contributed by atoms with van der Waals surface area (Å²) in [6.45, 7) is 4.96. The first-order valence-electron chi connectivity index (χ1n) is 7.10. The lowest BCUT2D eigenvalue weighted by molar-refractivity contribution is -0.0145. The molecule has 4 nitrogen and oxygen atoms in total. The molecule has 20 heavy (non-hydrogen) atoms. The van der Waals surface area contributed by atoms with E-state index in [-0.39, 0.29) is 0 Å². The smallest absolute Gasteiger partial charge is 0.101 e. The number of hydrogen-bond acceptors (Lipinski definition) is 4. The van der Waals surface area contributed by atoms with Crippen LogP contribution in [0, 0.1) is 16.7 Å². The zero-order valence-electron chi connectivity index (χ0n) is 12.2. The summed E-state index contributed by atoms with van der Waals surface area (Å²) in [6, 6.07) is 7.40. The third-order valence-corrected chi connectivity index (χ3v) is 4.37. The molecule has 0 aromatic heterocycles. The molecule has 0 aliphatic heterocycles. The number of nitrogens with one attached hydrogen (secondary N) is 1. The van der Waals surface area contributed by atoms with E-state index in [1.165, 1.54) is 0 Å². The minimum absolute atomic E-state index is 0.325. The molecule has 1 aliphatic carbocycles. The summed E-state index contributed by atoms with van der Waals surface area (Å²) in [7, 11) is 0. The number of nitriles is 1. The fourth-order valence-electron chi connectivity index (χ4n) is 2.65. The zero-order valence-corrected chi connectivity index (χ0v) is 12.2. The summed E-state index contributed by atoms with van der Waals surface area (Å²) in [4.78, 5) is 0. The van der Waals surface area contributed by atoms with E-state index in [4.69, 9.17) is 11.0 Å². The first-order valence-corrected chi connectivity index (χ1v) is 7.10. The van der Waals surface area contributed by atoms with E-state index >= 15 is 0 Å². The number of benzene rings is 1. The van der Waals surface area contributed by atoms with Crippen molar-refractivity contribution >= 4 is 11.4 Å². The average molecular weight is 273 g/mol. The largest absolute Gasteiger partial charge is 0.396 e. The number of hydrogen-bond donors (Lipinski definition) is 3. The predicted molar refractivity (Wildman–Crippen MR) is 81.3 cm³/mol. The third-order valence-electron chi connectivity index (χ3n) is 4.37. The third kappa shape index (κ3) is 3.23. The first kappa shape index (κ1) is 14.7. The Bertz CT molecular complexity index is 521. The molecule has 108 valence electrons. The molecule has 1 fully saturated rings. The fourth-order valence-corrected chi connectivity index (χ4v) is 2.65. The van der Waals surface area contributed by atoms with Gasteiger partial charge in [0.15, 0.2) is 0 Å². The molecule has 2 rings (SSSR count). The van der Waals surface area contributed by atoms with Crippen LogP contribution in [-0.2, 0) is 0 Å². The van der Waals surface area contributed by atoms with Crippen LogP contribution in [0.1, 0.15) is 45.1 Å². The van der Waals surface area contributed by atoms with E-state index in [0.717, 1.165) is 31.4 Å². The molecule has 4 N–H and O–H groups in total. The van der Waals surface area contributed by atoms with Crippen molar-refractivity contribution in [2.45, 2.75) is 45.1 Å². The normalized spacial score (nSPS) is 20.1. The lowest BCUT2D eigenvalue weighted by Crippen LogP contribution is -2.42. The number of nitrogens with two attached hydrogens (primary N) is 1. The summed E-state index contributed by atoms with van der Waals surface area (Å²) in [5, 5.41) is 22.8. The maximum atomic E-state index is 10.6. The van der Waals surface area contributed by atoms with Gasteiger partial charge >= 0.3 is 0 Å². The Morgan fingerprint density at radius 2 is 1.95 bits per heavy atom. The van der Waals surface area contributed by atoms with Crippen molar-refractivity contribution in [1.29, 1.82) is 5.26 Å². The van der Waals surface area contributed by atoms with Crippen LogP contribution in [0.25, 0.3) is 0 Å². The van der Waals surface area contributed by atoms with Gasteiger partial charge < -0.3 is 16.2 Å². The predicted octanol–water partition coefficient (Wildman–Crippen LogP) is 2.88. The molecule has 0 radical (unpaired) electrons. The number of nitrogen functional groups attached to an aromatic ring is 1. The summed E-state index contributed by atoms with van der Waals surface area (Å²) < 4.78 is 0. The Hall–Kier alpha value is -1.73. The van der Waals surface area contributed by atoms with Crippen molar-refractivity contribution in [2.24, 2.45) is 5.41 Å². The maximum Gasteiger partial charge on any atom is 0.101 e. The number of rotatable bonds is 3. The molecule has 1 aliphatic rings. The first-order chi connectivity index (χ1) is 9.35. The second-order valence-corrected chi connectivity index (χ2v) is 6.62. The monoisotopic (exact) mass is 273 g/mol. The van der Waals surface area contributed by atoms with Gasteiger partial charge in [-0.3, -0.25) is 0 Å². The van der Waals surface area contributed by atoms with E-state index < -0.39 is 5.60 Å². The van der Waals surface area contributed by atoms with E-state index in [9.17, 15) is 5.11 Å². The lowest BCUT2D eigenvalue weighted by Gasteiger charge is -2.40. The highest BCUT2D eigenvalue weighted by Crippen LogP contribution is 2.40. The molecule has 0 heterocycles. The average Bonchev–Trinajstić information content (AvgIpc) is 2.42. The molecule has 0 atom stereocenters. The van der Waals surface area contributed by atoms with E-state index in [1.807, 2.05) is 6.07 Å². The lowest BCUT2D eigenvalue weighted by atomic mass is 9.71. The Labute approximate surface area is 120 Å². The van der Waals surface area contributed by atoms with Crippen molar-refractivity contribution in [3.8, 4) is 6.07 Å². The molecule has 4 heteroatoms. The molecule has 0 unspecified atom stereocenters. The number of para-hydroxylation sites is 1. The highest BCUT2D eigenvalue weighted by Gasteiger charge is 2.36. The van der Waals surface area contributed by atoms with Crippen LogP contribution in [0.2, 0.25) is 0 Å². The van der Waals surface area contributed by atoms with Gasteiger partial charge in [0, 0.05) is 6.54 Å². The molecule has 0 spiro atoms. The van der Waals surface area contributed by atoms with Crippen LogP contribution in [0.4, 0.5) is 11.4 Å². The highest BCUT2D eigenvalue weighted by molar-refractivity contribution is 5.72. The second-order valence-electron chi connectivity index (χ2n) is 6.62. The number of aliphatic hydroxyl groups is 1. The van der Waals surface area contributed by atoms with Gasteiger partial charge in [0.1, 0.15) is 6.07 Å². The number of nitrogens with zero attached hydrogens (tertiary/aromatic N) is 1. The summed E-state index contributed by atoms with van der Waals surface area (Å²) in [5.74, 6) is 0. The fraction of sp³-hybridized carbons (Fsp3) is 0.562. The molecule has 0 amide bonds. The highest BCUT2D eigenvalue weighted by atomic mass is 16.3. The molecule has 0 saturated heterocycles. The van der Waals surface area contributed by atoms with Crippen LogP contribution >= 0.6 is 0 Å². The van der Waals surface area contributed by atoms with Gasteiger partial charge in [-0.05, 0) is 43.2 Å². The Balaban J connectivity index is 2.01. The number of anilines is 2. The van der Waals surface area contributed by atoms with E-state index in [2.05, 4.69) is 25.2 Å². The van der Waals surface area contributed by atoms with Crippen molar-refractivity contribution < 1.29 is 5.11 Å². The molecule has 1 aromatic carbocycles. The van der Waals surface area contributed by atoms with Crippen LogP contribution in [0.5, 0.6) is 0 Å². The molecular weight excluding hydrogens is 250 g/mol. The van der Waals surface area contributed by atoms with Gasteiger partial charge in [-0.15, -0.1) is 0 Å². The van der Waals surface area contributed by atoms with Crippen molar-refractivity contribution in [3.63, 3.8) is 0 Å². The van der Waals surface area contributed by atoms with E-state index in [0.29, 0.717) is 23.2 Å². The van der Waals surface area contributed by atoms with Crippen molar-refractivity contribution in [2.75, 3.05) is 17.6 Å². The Morgan fingerprint density at radius 3 is 2.55 bits per heavy atom. The Kier molecular flexibility index (Phi) is 3.92. The van der Waals surface area contributed by atoms with Gasteiger partial charge in [0.25, 0.3) is 0 Å². The van der Waals surface area contributed by atoms with Crippen LogP contribution in [0.3, 0.4) is 0 Å². The molecule has 1 aromatic rings. The second kappa shape index (κ2) is 5.34. The quantitative estimate of drug-likeness (QED) is 0.740. The molecule has 1 saturated carbocycles. The minimum Gasteiger partial charge on any atom is -0.396 e. The SMILES string of the molecule is CC1(C)CCC(O)(CNc2cccc(C#N)c2N)CC1. The van der Waals surface area contributed by atoms with Crippen molar-refractivity contribution in [1.82, 2.24) is 0 Å². The summed E-state index contributed by atoms with van der Waals surface area (Å²) >= 11 is 0. The van der Waals surface area contributed by atoms with Crippen LogP contribution < -0.4 is 11.1 Å². The topological polar surface area (TPSA) is 82.1 Å². The molecular formula is C16H23N3O. The van der Waals surface area contributed by atoms with Gasteiger partial charge in [-0.2, -0.15) is 5.26 Å². The minimum atomic E-state index is -0.676. The maximum absolute atomic E-state index is 10.6. The van der Waals surface area contributed by atoms with E-state index in [1.54, 1.807) is 12.1 Å². The van der Waals surface area contributed by atoms with Gasteiger partial charge in [-0.1, -0.05) is 19.9 Å². The van der Waals surface area contributed by atoms with Gasteiger partial charge in [0.2, 0.25) is 0 Å².